The van der Waals surface area contributed by atoms with Crippen LogP contribution < -0.4 is 5.32 Å². The summed E-state index contributed by atoms with van der Waals surface area (Å²) in [7, 11) is 0. The van der Waals surface area contributed by atoms with E-state index in [0.717, 1.165) is 5.92 Å². The van der Waals surface area contributed by atoms with Crippen molar-refractivity contribution in [3.63, 3.8) is 0 Å². The smallest absolute Gasteiger partial charge is 0.0362 e. The maximum absolute atomic E-state index is 3.57. The summed E-state index contributed by atoms with van der Waals surface area (Å²) in [5.74, 6) is 0.843. The number of hydrogen-bond acceptors (Lipinski definition) is 3. The van der Waals surface area contributed by atoms with Gasteiger partial charge in [0.1, 0.15) is 0 Å². The van der Waals surface area contributed by atoms with Crippen LogP contribution in [0.5, 0.6) is 0 Å². The van der Waals surface area contributed by atoms with Gasteiger partial charge in [0.05, 0.1) is 0 Å². The van der Waals surface area contributed by atoms with Crippen molar-refractivity contribution in [1.82, 2.24) is 10.2 Å². The predicted octanol–water partition coefficient (Wildman–Crippen LogP) is 3.84. The van der Waals surface area contributed by atoms with Crippen LogP contribution in [0.4, 0.5) is 0 Å². The molecule has 1 aromatic heterocycles. The molecule has 2 unspecified atom stereocenters. The summed E-state index contributed by atoms with van der Waals surface area (Å²) in [5, 5.41) is 5.87. The van der Waals surface area contributed by atoms with Gasteiger partial charge in [0.2, 0.25) is 0 Å². The third kappa shape index (κ3) is 3.10. The van der Waals surface area contributed by atoms with E-state index in [4.69, 9.17) is 0 Å². The Hall–Kier alpha value is -0.380. The van der Waals surface area contributed by atoms with Crippen molar-refractivity contribution < 1.29 is 0 Å². The van der Waals surface area contributed by atoms with Gasteiger partial charge in [-0.1, -0.05) is 0 Å². The molecule has 2 nitrogen and oxygen atoms in total. The van der Waals surface area contributed by atoms with Crippen LogP contribution in [-0.2, 0) is 6.42 Å². The second kappa shape index (κ2) is 6.59. The van der Waals surface area contributed by atoms with Gasteiger partial charge in [-0.3, -0.25) is 4.90 Å². The molecule has 1 saturated heterocycles. The molecule has 0 aromatic carbocycles. The number of nitrogens with zero attached hydrogens (tertiary/aromatic N) is 1. The van der Waals surface area contributed by atoms with Crippen molar-refractivity contribution >= 4 is 11.3 Å². The highest BCUT2D eigenvalue weighted by Gasteiger charge is 2.30. The van der Waals surface area contributed by atoms with Gasteiger partial charge in [-0.05, 0) is 82.0 Å². The van der Waals surface area contributed by atoms with Crippen LogP contribution in [-0.4, -0.2) is 30.6 Å². The van der Waals surface area contributed by atoms with E-state index >= 15 is 0 Å². The Labute approximate surface area is 127 Å². The molecule has 0 radical (unpaired) electrons. The highest BCUT2D eigenvalue weighted by molar-refractivity contribution is 7.10. The Kier molecular flexibility index (Phi) is 4.79. The molecule has 1 fully saturated rings. The van der Waals surface area contributed by atoms with Crippen molar-refractivity contribution in [2.45, 2.75) is 58.0 Å². The third-order valence-electron chi connectivity index (χ3n) is 4.95. The van der Waals surface area contributed by atoms with Crippen molar-refractivity contribution in [3.8, 4) is 0 Å². The van der Waals surface area contributed by atoms with Crippen LogP contribution in [0, 0.1) is 5.92 Å². The first kappa shape index (κ1) is 14.6. The number of rotatable bonds is 4. The number of nitrogens with one attached hydrogen (secondary N) is 1. The van der Waals surface area contributed by atoms with Gasteiger partial charge in [-0.25, -0.2) is 0 Å². The molecule has 3 heteroatoms. The fourth-order valence-electron chi connectivity index (χ4n) is 3.88. The number of aryl methyl sites for hydroxylation is 1. The summed E-state index contributed by atoms with van der Waals surface area (Å²) in [6, 6.07) is 3.71. The minimum atomic E-state index is 0.646. The van der Waals surface area contributed by atoms with Crippen molar-refractivity contribution in [2.75, 3.05) is 19.6 Å². The molecule has 112 valence electrons. The van der Waals surface area contributed by atoms with E-state index in [1.165, 1.54) is 51.7 Å². The SMILES string of the molecule is CC(C)N(CC1CCCNC1)C1CCCc2sccc21. The van der Waals surface area contributed by atoms with Crippen LogP contribution in [0.15, 0.2) is 11.4 Å². The van der Waals surface area contributed by atoms with Crippen LogP contribution in [0.25, 0.3) is 0 Å². The lowest BCUT2D eigenvalue weighted by atomic mass is 9.90. The third-order valence-corrected chi connectivity index (χ3v) is 5.95. The molecule has 1 N–H and O–H groups in total. The first-order valence-corrected chi connectivity index (χ1v) is 9.16. The topological polar surface area (TPSA) is 15.3 Å². The highest BCUT2D eigenvalue weighted by Crippen LogP contribution is 2.38. The molecule has 20 heavy (non-hydrogen) atoms. The minimum absolute atomic E-state index is 0.646. The standard InChI is InChI=1S/C17H28N2S/c1-13(2)19(12-14-5-4-9-18-11-14)16-6-3-7-17-15(16)8-10-20-17/h8,10,13-14,16,18H,3-7,9,11-12H2,1-2H3. The summed E-state index contributed by atoms with van der Waals surface area (Å²) in [6.07, 6.45) is 6.78. The fraction of sp³-hybridized carbons (Fsp3) is 0.765. The lowest BCUT2D eigenvalue weighted by Crippen LogP contribution is -2.43. The van der Waals surface area contributed by atoms with E-state index in [2.05, 4.69) is 35.5 Å². The molecule has 2 heterocycles. The molecule has 1 aliphatic carbocycles. The van der Waals surface area contributed by atoms with Gasteiger partial charge in [-0.2, -0.15) is 0 Å². The molecule has 2 aliphatic rings. The van der Waals surface area contributed by atoms with Crippen molar-refractivity contribution in [2.24, 2.45) is 5.92 Å². The van der Waals surface area contributed by atoms with E-state index in [9.17, 15) is 0 Å². The van der Waals surface area contributed by atoms with Crippen molar-refractivity contribution in [1.29, 1.82) is 0 Å². The van der Waals surface area contributed by atoms with Crippen LogP contribution in [0.1, 0.15) is 56.0 Å². The first-order valence-electron chi connectivity index (χ1n) is 8.28. The van der Waals surface area contributed by atoms with E-state index < -0.39 is 0 Å². The average Bonchev–Trinajstić information content (AvgIpc) is 2.94. The predicted molar refractivity (Wildman–Crippen MR) is 87.4 cm³/mol. The summed E-state index contributed by atoms with van der Waals surface area (Å²) in [6.45, 7) is 8.45. The monoisotopic (exact) mass is 292 g/mol. The molecular weight excluding hydrogens is 264 g/mol. The van der Waals surface area contributed by atoms with E-state index in [1.54, 1.807) is 10.4 Å². The molecule has 0 spiro atoms. The second-order valence-corrected chi connectivity index (χ2v) is 7.71. The number of hydrogen-bond donors (Lipinski definition) is 1. The van der Waals surface area contributed by atoms with Gasteiger partial charge >= 0.3 is 0 Å². The Morgan fingerprint density at radius 1 is 1.35 bits per heavy atom. The highest BCUT2D eigenvalue weighted by atomic mass is 32.1. The zero-order valence-corrected chi connectivity index (χ0v) is 13.7. The van der Waals surface area contributed by atoms with E-state index in [1.807, 2.05) is 11.3 Å². The number of thiophene rings is 1. The molecule has 2 atom stereocenters. The van der Waals surface area contributed by atoms with Gasteiger partial charge < -0.3 is 5.32 Å². The summed E-state index contributed by atoms with van der Waals surface area (Å²) in [4.78, 5) is 4.43. The maximum Gasteiger partial charge on any atom is 0.0362 e. The second-order valence-electron chi connectivity index (χ2n) is 6.71. The quantitative estimate of drug-likeness (QED) is 0.907. The van der Waals surface area contributed by atoms with Crippen LogP contribution >= 0.6 is 11.3 Å². The van der Waals surface area contributed by atoms with E-state index in [-0.39, 0.29) is 0 Å². The van der Waals surface area contributed by atoms with Crippen LogP contribution in [0.2, 0.25) is 0 Å². The Morgan fingerprint density at radius 2 is 2.25 bits per heavy atom. The van der Waals surface area contributed by atoms with Crippen molar-refractivity contribution in [3.05, 3.63) is 21.9 Å². The average molecular weight is 292 g/mol. The van der Waals surface area contributed by atoms with Gasteiger partial charge in [0.25, 0.3) is 0 Å². The van der Waals surface area contributed by atoms with Crippen LogP contribution in [0.3, 0.4) is 0 Å². The fourth-order valence-corrected chi connectivity index (χ4v) is 4.86. The maximum atomic E-state index is 3.57. The summed E-state index contributed by atoms with van der Waals surface area (Å²) in [5.41, 5.74) is 1.64. The van der Waals surface area contributed by atoms with E-state index in [0.29, 0.717) is 12.1 Å². The molecular formula is C17H28N2S. The Bertz CT molecular complexity index is 420. The molecule has 0 saturated carbocycles. The normalized spacial score (nSPS) is 27.0. The number of fused-ring (bicyclic) bond motifs is 1. The molecule has 3 rings (SSSR count). The zero-order valence-electron chi connectivity index (χ0n) is 12.9. The van der Waals surface area contributed by atoms with Gasteiger partial charge in [0, 0.05) is 23.5 Å². The largest absolute Gasteiger partial charge is 0.316 e. The summed E-state index contributed by atoms with van der Waals surface area (Å²) < 4.78 is 0. The number of piperidine rings is 1. The Balaban J connectivity index is 1.74. The summed E-state index contributed by atoms with van der Waals surface area (Å²) >= 11 is 1.97. The minimum Gasteiger partial charge on any atom is -0.316 e. The van der Waals surface area contributed by atoms with Gasteiger partial charge in [-0.15, -0.1) is 11.3 Å². The molecule has 1 aromatic rings. The molecule has 1 aliphatic heterocycles. The lowest BCUT2D eigenvalue weighted by molar-refractivity contribution is 0.107. The molecule has 0 amide bonds. The lowest BCUT2D eigenvalue weighted by Gasteiger charge is -2.40. The molecule has 0 bridgehead atoms. The van der Waals surface area contributed by atoms with Gasteiger partial charge in [0.15, 0.2) is 0 Å². The zero-order chi connectivity index (χ0) is 13.9. The Morgan fingerprint density at radius 3 is 3.00 bits per heavy atom. The first-order chi connectivity index (χ1) is 9.75.